The number of carbonyl (C=O) groups excluding carboxylic acids is 1. The Morgan fingerprint density at radius 3 is 2.35 bits per heavy atom. The predicted octanol–water partition coefficient (Wildman–Crippen LogP) is 6.25. The molecule has 0 unspecified atom stereocenters. The largest absolute Gasteiger partial charge is 0.493 e. The zero-order valence-corrected chi connectivity index (χ0v) is 27.3. The van der Waals surface area contributed by atoms with E-state index in [4.69, 9.17) is 19.2 Å². The van der Waals surface area contributed by atoms with Gasteiger partial charge in [0.1, 0.15) is 6.61 Å². The summed E-state index contributed by atoms with van der Waals surface area (Å²) in [6, 6.07) is 32.2. The van der Waals surface area contributed by atoms with Crippen molar-refractivity contribution in [3.05, 3.63) is 151 Å². The molecule has 232 valence electrons. The molecule has 1 aliphatic heterocycles. The molecule has 1 atom stereocenters. The van der Waals surface area contributed by atoms with Gasteiger partial charge in [-0.2, -0.15) is 0 Å². The Kier molecular flexibility index (Phi) is 9.51. The van der Waals surface area contributed by atoms with Gasteiger partial charge in [0.15, 0.2) is 16.3 Å². The Morgan fingerprint density at radius 2 is 1.67 bits per heavy atom. The summed E-state index contributed by atoms with van der Waals surface area (Å²) in [5, 5.41) is 0. The van der Waals surface area contributed by atoms with E-state index in [2.05, 4.69) is 0 Å². The van der Waals surface area contributed by atoms with E-state index in [0.29, 0.717) is 38.7 Å². The summed E-state index contributed by atoms with van der Waals surface area (Å²) in [4.78, 5) is 34.4. The lowest BCUT2D eigenvalue weighted by Crippen LogP contribution is -2.40. The average molecular weight is 649 g/mol. The van der Waals surface area contributed by atoms with Gasteiger partial charge < -0.3 is 14.2 Å². The van der Waals surface area contributed by atoms with E-state index in [1.165, 1.54) is 11.3 Å². The number of hydrogen-bond donors (Lipinski definition) is 0. The van der Waals surface area contributed by atoms with Gasteiger partial charge in [0.25, 0.3) is 5.56 Å². The highest BCUT2D eigenvalue weighted by atomic mass is 32.2. The molecule has 1 aliphatic rings. The molecule has 6 rings (SSSR count). The number of carbonyl (C=O) groups is 1. The lowest BCUT2D eigenvalue weighted by atomic mass is 9.93. The van der Waals surface area contributed by atoms with Crippen molar-refractivity contribution in [1.29, 1.82) is 0 Å². The Balaban J connectivity index is 1.48. The number of methoxy groups -OCH3 is 1. The van der Waals surface area contributed by atoms with Crippen molar-refractivity contribution < 1.29 is 19.0 Å². The zero-order chi connectivity index (χ0) is 32.0. The molecule has 0 radical (unpaired) electrons. The molecule has 9 heteroatoms. The van der Waals surface area contributed by atoms with Gasteiger partial charge in [-0.05, 0) is 60.2 Å². The van der Waals surface area contributed by atoms with Crippen LogP contribution in [0.4, 0.5) is 0 Å². The first-order valence-corrected chi connectivity index (χ1v) is 16.8. The van der Waals surface area contributed by atoms with E-state index in [1.54, 1.807) is 30.4 Å². The molecule has 0 bridgehead atoms. The predicted molar refractivity (Wildman–Crippen MR) is 183 cm³/mol. The molecule has 0 saturated carbocycles. The number of fused-ring (bicyclic) bond motifs is 1. The van der Waals surface area contributed by atoms with Gasteiger partial charge >= 0.3 is 5.97 Å². The van der Waals surface area contributed by atoms with E-state index in [0.717, 1.165) is 27.1 Å². The lowest BCUT2D eigenvalue weighted by Gasteiger charge is -2.26. The van der Waals surface area contributed by atoms with Crippen molar-refractivity contribution in [2.45, 2.75) is 24.5 Å². The number of ether oxygens (including phenoxy) is 3. The van der Waals surface area contributed by atoms with Crippen molar-refractivity contribution in [3.8, 4) is 11.5 Å². The fraction of sp³-hybridized carbons (Fsp3) is 0.162. The van der Waals surface area contributed by atoms with Crippen LogP contribution in [0.1, 0.15) is 35.2 Å². The van der Waals surface area contributed by atoms with Crippen LogP contribution in [0.3, 0.4) is 0 Å². The summed E-state index contributed by atoms with van der Waals surface area (Å²) in [5.74, 6) is 0.652. The fourth-order valence-electron chi connectivity index (χ4n) is 5.32. The minimum absolute atomic E-state index is 0.194. The number of thioether (sulfide) groups is 1. The Hall–Kier alpha value is -4.86. The van der Waals surface area contributed by atoms with E-state index >= 15 is 0 Å². The number of benzene rings is 4. The number of aromatic nitrogens is 1. The van der Waals surface area contributed by atoms with Crippen molar-refractivity contribution in [2.24, 2.45) is 4.99 Å². The number of hydrogen-bond acceptors (Lipinski definition) is 8. The second-order valence-electron chi connectivity index (χ2n) is 10.4. The van der Waals surface area contributed by atoms with Crippen LogP contribution in [0.25, 0.3) is 11.8 Å². The van der Waals surface area contributed by atoms with Gasteiger partial charge in [0, 0.05) is 10.5 Å². The summed E-state index contributed by atoms with van der Waals surface area (Å²) >= 11 is 2.90. The van der Waals surface area contributed by atoms with Crippen LogP contribution in [0.15, 0.2) is 123 Å². The van der Waals surface area contributed by atoms with Crippen molar-refractivity contribution in [3.63, 3.8) is 0 Å². The second-order valence-corrected chi connectivity index (χ2v) is 12.3. The van der Waals surface area contributed by atoms with Gasteiger partial charge in [0.2, 0.25) is 0 Å². The van der Waals surface area contributed by atoms with Gasteiger partial charge in [-0.15, -0.1) is 11.8 Å². The van der Waals surface area contributed by atoms with Gasteiger partial charge in [0.05, 0.1) is 35.6 Å². The maximum absolute atomic E-state index is 14.2. The van der Waals surface area contributed by atoms with E-state index in [9.17, 15) is 9.59 Å². The SMILES string of the molecule is CCOC(=O)C1=C(c2ccccc2)N=c2s/c(=C\c3ccc(OCc4ccccc4)c(OC)c3)c(=O)n2[C@H]1c1ccc(SC)cc1. The number of rotatable bonds is 10. The molecule has 0 saturated heterocycles. The highest BCUT2D eigenvalue weighted by Gasteiger charge is 2.35. The monoisotopic (exact) mass is 648 g/mol. The number of thiazole rings is 1. The van der Waals surface area contributed by atoms with Crippen LogP contribution in [0.2, 0.25) is 0 Å². The van der Waals surface area contributed by atoms with Crippen molar-refractivity contribution in [1.82, 2.24) is 4.57 Å². The zero-order valence-electron chi connectivity index (χ0n) is 25.6. The van der Waals surface area contributed by atoms with E-state index in [1.807, 2.05) is 115 Å². The Labute approximate surface area is 275 Å². The molecule has 5 aromatic rings. The summed E-state index contributed by atoms with van der Waals surface area (Å²) in [7, 11) is 1.59. The second kappa shape index (κ2) is 14.1. The van der Waals surface area contributed by atoms with Crippen molar-refractivity contribution in [2.75, 3.05) is 20.0 Å². The minimum Gasteiger partial charge on any atom is -0.493 e. The first-order valence-electron chi connectivity index (χ1n) is 14.8. The normalized spacial score (nSPS) is 14.4. The van der Waals surface area contributed by atoms with Crippen LogP contribution in [-0.2, 0) is 16.1 Å². The van der Waals surface area contributed by atoms with Crippen LogP contribution < -0.4 is 24.4 Å². The fourth-order valence-corrected chi connectivity index (χ4v) is 6.73. The molecule has 46 heavy (non-hydrogen) atoms. The summed E-state index contributed by atoms with van der Waals surface area (Å²) in [5.41, 5.74) is 3.94. The highest BCUT2D eigenvalue weighted by Crippen LogP contribution is 2.36. The molecule has 0 N–H and O–H groups in total. The van der Waals surface area contributed by atoms with E-state index in [-0.39, 0.29) is 12.2 Å². The third-order valence-corrected chi connectivity index (χ3v) is 9.25. The summed E-state index contributed by atoms with van der Waals surface area (Å²) in [6.45, 7) is 2.36. The number of esters is 1. The topological polar surface area (TPSA) is 79.1 Å². The molecule has 7 nitrogen and oxygen atoms in total. The van der Waals surface area contributed by atoms with Crippen LogP contribution in [-0.4, -0.2) is 30.5 Å². The molecular formula is C37H32N2O5S2. The smallest absolute Gasteiger partial charge is 0.338 e. The molecule has 0 fully saturated rings. The molecule has 0 spiro atoms. The molecule has 0 amide bonds. The Bertz CT molecular complexity index is 2070. The third kappa shape index (κ3) is 6.42. The van der Waals surface area contributed by atoms with Gasteiger partial charge in [-0.25, -0.2) is 9.79 Å². The summed E-state index contributed by atoms with van der Waals surface area (Å²) in [6.07, 6.45) is 3.82. The van der Waals surface area contributed by atoms with Gasteiger partial charge in [-0.1, -0.05) is 90.2 Å². The highest BCUT2D eigenvalue weighted by molar-refractivity contribution is 7.98. The van der Waals surface area contributed by atoms with Crippen LogP contribution in [0.5, 0.6) is 11.5 Å². The quantitative estimate of drug-likeness (QED) is 0.132. The minimum atomic E-state index is -0.730. The standard InChI is InChI=1S/C37H32N2O5S2/c1-4-43-36(41)32-33(26-13-9-6-10-14-26)38-37-39(34(32)27-16-18-28(45-3)19-17-27)35(40)31(46-37)22-25-15-20-29(30(21-25)42-2)44-23-24-11-7-5-8-12-24/h5-22,34H,4,23H2,1-3H3/b31-22-/t34-/m0/s1. The van der Waals surface area contributed by atoms with Gasteiger partial charge in [-0.3, -0.25) is 9.36 Å². The first-order chi connectivity index (χ1) is 22.5. The lowest BCUT2D eigenvalue weighted by molar-refractivity contribution is -0.138. The van der Waals surface area contributed by atoms with Crippen molar-refractivity contribution >= 4 is 40.8 Å². The summed E-state index contributed by atoms with van der Waals surface area (Å²) < 4.78 is 19.3. The first kappa shape index (κ1) is 31.1. The third-order valence-electron chi connectivity index (χ3n) is 7.53. The Morgan fingerprint density at radius 1 is 0.957 bits per heavy atom. The molecule has 0 aliphatic carbocycles. The van der Waals surface area contributed by atoms with E-state index < -0.39 is 12.0 Å². The molecule has 1 aromatic heterocycles. The maximum atomic E-state index is 14.2. The number of nitrogens with zero attached hydrogens (tertiary/aromatic N) is 2. The average Bonchev–Trinajstić information content (AvgIpc) is 3.41. The van der Waals surface area contributed by atoms with Crippen LogP contribution in [0, 0.1) is 0 Å². The maximum Gasteiger partial charge on any atom is 0.338 e. The molecule has 4 aromatic carbocycles. The molecule has 2 heterocycles. The molecular weight excluding hydrogens is 617 g/mol. The van der Waals surface area contributed by atoms with Crippen LogP contribution >= 0.6 is 23.1 Å².